The Morgan fingerprint density at radius 2 is 2.10 bits per heavy atom. The van der Waals surface area contributed by atoms with Gasteiger partial charge < -0.3 is 20.1 Å². The van der Waals surface area contributed by atoms with Gasteiger partial charge in [-0.1, -0.05) is 12.1 Å². The van der Waals surface area contributed by atoms with Gasteiger partial charge in [0.2, 0.25) is 0 Å². The van der Waals surface area contributed by atoms with Crippen LogP contribution in [-0.4, -0.2) is 30.7 Å². The number of nitrogens with zero attached hydrogens (tertiary/aromatic N) is 1. The van der Waals surface area contributed by atoms with Crippen LogP contribution in [0.2, 0.25) is 0 Å². The maximum Gasteiger partial charge on any atom is 0.128 e. The van der Waals surface area contributed by atoms with Crippen molar-refractivity contribution in [3.63, 3.8) is 0 Å². The van der Waals surface area contributed by atoms with E-state index >= 15 is 0 Å². The van der Waals surface area contributed by atoms with Crippen molar-refractivity contribution in [2.45, 2.75) is 12.6 Å². The highest BCUT2D eigenvalue weighted by atomic mass is 16.5. The van der Waals surface area contributed by atoms with E-state index in [0.29, 0.717) is 6.61 Å². The SMILES string of the molecule is CN(C)Cc1cccc(NC2COc3cc(O)ccc32)c1. The van der Waals surface area contributed by atoms with Crippen LogP contribution in [0.3, 0.4) is 0 Å². The summed E-state index contributed by atoms with van der Waals surface area (Å²) in [7, 11) is 4.13. The molecule has 0 saturated heterocycles. The Bertz CT molecular complexity index is 640. The zero-order chi connectivity index (χ0) is 14.8. The predicted octanol–water partition coefficient (Wildman–Crippen LogP) is 3.00. The van der Waals surface area contributed by atoms with Crippen LogP contribution >= 0.6 is 0 Å². The lowest BCUT2D eigenvalue weighted by Crippen LogP contribution is -2.13. The Kier molecular flexibility index (Phi) is 3.71. The highest BCUT2D eigenvalue weighted by molar-refractivity contribution is 5.52. The van der Waals surface area contributed by atoms with Gasteiger partial charge in [-0.15, -0.1) is 0 Å². The fourth-order valence-electron chi connectivity index (χ4n) is 2.64. The van der Waals surface area contributed by atoms with Gasteiger partial charge in [0.15, 0.2) is 0 Å². The zero-order valence-electron chi connectivity index (χ0n) is 12.3. The predicted molar refractivity (Wildman–Crippen MR) is 83.8 cm³/mol. The summed E-state index contributed by atoms with van der Waals surface area (Å²) in [6.07, 6.45) is 0. The minimum Gasteiger partial charge on any atom is -0.508 e. The standard InChI is InChI=1S/C17H20N2O2/c1-19(2)10-12-4-3-5-13(8-12)18-16-11-21-17-9-14(20)6-7-15(16)17/h3-9,16,18,20H,10-11H2,1-2H3. The van der Waals surface area contributed by atoms with E-state index in [2.05, 4.69) is 48.6 Å². The van der Waals surface area contributed by atoms with Gasteiger partial charge >= 0.3 is 0 Å². The molecule has 0 spiro atoms. The molecule has 4 heteroatoms. The number of hydrogen-bond donors (Lipinski definition) is 2. The fourth-order valence-corrected chi connectivity index (χ4v) is 2.64. The van der Waals surface area contributed by atoms with E-state index in [1.54, 1.807) is 12.1 Å². The molecule has 1 heterocycles. The second-order valence-corrected chi connectivity index (χ2v) is 5.67. The number of ether oxygens (including phenoxy) is 1. The molecule has 0 saturated carbocycles. The van der Waals surface area contributed by atoms with Crippen LogP contribution in [0.4, 0.5) is 5.69 Å². The Morgan fingerprint density at radius 1 is 1.24 bits per heavy atom. The van der Waals surface area contributed by atoms with Crippen LogP contribution in [0, 0.1) is 0 Å². The second-order valence-electron chi connectivity index (χ2n) is 5.67. The van der Waals surface area contributed by atoms with Crippen molar-refractivity contribution in [1.82, 2.24) is 4.90 Å². The van der Waals surface area contributed by atoms with Crippen molar-refractivity contribution < 1.29 is 9.84 Å². The monoisotopic (exact) mass is 284 g/mol. The summed E-state index contributed by atoms with van der Waals surface area (Å²) in [5, 5.41) is 13.0. The second kappa shape index (κ2) is 5.66. The number of hydrogen-bond acceptors (Lipinski definition) is 4. The number of benzene rings is 2. The Morgan fingerprint density at radius 3 is 2.90 bits per heavy atom. The number of nitrogens with one attached hydrogen (secondary N) is 1. The lowest BCUT2D eigenvalue weighted by Gasteiger charge is -2.15. The molecule has 0 aromatic heterocycles. The third-order valence-corrected chi connectivity index (χ3v) is 3.54. The van der Waals surface area contributed by atoms with E-state index in [1.807, 2.05) is 6.07 Å². The van der Waals surface area contributed by atoms with Crippen LogP contribution in [0.15, 0.2) is 42.5 Å². The van der Waals surface area contributed by atoms with Crippen molar-refractivity contribution in [1.29, 1.82) is 0 Å². The smallest absolute Gasteiger partial charge is 0.128 e. The van der Waals surface area contributed by atoms with Crippen molar-refractivity contribution >= 4 is 5.69 Å². The van der Waals surface area contributed by atoms with Gasteiger partial charge in [-0.2, -0.15) is 0 Å². The third kappa shape index (κ3) is 3.11. The molecule has 4 nitrogen and oxygen atoms in total. The van der Waals surface area contributed by atoms with E-state index in [-0.39, 0.29) is 11.8 Å². The number of aromatic hydroxyl groups is 1. The van der Waals surface area contributed by atoms with E-state index in [1.165, 1.54) is 5.56 Å². The quantitative estimate of drug-likeness (QED) is 0.906. The molecule has 1 aliphatic heterocycles. The molecule has 2 aromatic carbocycles. The average Bonchev–Trinajstić information content (AvgIpc) is 2.80. The van der Waals surface area contributed by atoms with E-state index in [0.717, 1.165) is 23.5 Å². The molecule has 1 atom stereocenters. The summed E-state index contributed by atoms with van der Waals surface area (Å²) >= 11 is 0. The van der Waals surface area contributed by atoms with Gasteiger partial charge in [0.25, 0.3) is 0 Å². The summed E-state index contributed by atoms with van der Waals surface area (Å²) in [4.78, 5) is 2.15. The number of fused-ring (bicyclic) bond motifs is 1. The molecule has 21 heavy (non-hydrogen) atoms. The molecule has 2 aromatic rings. The minimum atomic E-state index is 0.121. The van der Waals surface area contributed by atoms with Crippen molar-refractivity contribution in [2.75, 3.05) is 26.0 Å². The molecule has 0 radical (unpaired) electrons. The highest BCUT2D eigenvalue weighted by Crippen LogP contribution is 2.36. The summed E-state index contributed by atoms with van der Waals surface area (Å²) in [5.74, 6) is 0.999. The molecule has 1 aliphatic rings. The molecule has 0 bridgehead atoms. The van der Waals surface area contributed by atoms with E-state index in [9.17, 15) is 5.11 Å². The molecule has 0 fully saturated rings. The van der Waals surface area contributed by atoms with Gasteiger partial charge in [-0.05, 0) is 43.9 Å². The molecule has 2 N–H and O–H groups in total. The van der Waals surface area contributed by atoms with Crippen LogP contribution in [0.5, 0.6) is 11.5 Å². The summed E-state index contributed by atoms with van der Waals surface area (Å²) in [6, 6.07) is 13.8. The first kappa shape index (κ1) is 13.8. The Balaban J connectivity index is 1.77. The maximum absolute atomic E-state index is 9.49. The third-order valence-electron chi connectivity index (χ3n) is 3.54. The normalized spacial score (nSPS) is 16.6. The first-order valence-corrected chi connectivity index (χ1v) is 7.08. The van der Waals surface area contributed by atoms with E-state index in [4.69, 9.17) is 4.74 Å². The average molecular weight is 284 g/mol. The van der Waals surface area contributed by atoms with Crippen LogP contribution in [-0.2, 0) is 6.54 Å². The van der Waals surface area contributed by atoms with Crippen molar-refractivity contribution in [3.05, 3.63) is 53.6 Å². The fraction of sp³-hybridized carbons (Fsp3) is 0.294. The Labute approximate surface area is 125 Å². The van der Waals surface area contributed by atoms with Gasteiger partial charge in [0.05, 0.1) is 6.04 Å². The lowest BCUT2D eigenvalue weighted by atomic mass is 10.1. The summed E-state index contributed by atoms with van der Waals surface area (Å²) in [5.41, 5.74) is 3.45. The van der Waals surface area contributed by atoms with Gasteiger partial charge in [0, 0.05) is 23.9 Å². The number of rotatable bonds is 4. The van der Waals surface area contributed by atoms with Crippen LogP contribution in [0.25, 0.3) is 0 Å². The first-order valence-electron chi connectivity index (χ1n) is 7.08. The Hall–Kier alpha value is -2.20. The highest BCUT2D eigenvalue weighted by Gasteiger charge is 2.24. The summed E-state index contributed by atoms with van der Waals surface area (Å²) in [6.45, 7) is 1.50. The van der Waals surface area contributed by atoms with Crippen molar-refractivity contribution in [3.8, 4) is 11.5 Å². The molecule has 3 rings (SSSR count). The van der Waals surface area contributed by atoms with Crippen molar-refractivity contribution in [2.24, 2.45) is 0 Å². The largest absolute Gasteiger partial charge is 0.508 e. The maximum atomic E-state index is 9.49. The molecule has 1 unspecified atom stereocenters. The van der Waals surface area contributed by atoms with Gasteiger partial charge in [-0.25, -0.2) is 0 Å². The van der Waals surface area contributed by atoms with Crippen LogP contribution in [0.1, 0.15) is 17.2 Å². The number of phenols is 1. The number of anilines is 1. The molecular formula is C17H20N2O2. The lowest BCUT2D eigenvalue weighted by molar-refractivity contribution is 0.338. The van der Waals surface area contributed by atoms with Crippen LogP contribution < -0.4 is 10.1 Å². The van der Waals surface area contributed by atoms with Gasteiger partial charge in [0.1, 0.15) is 18.1 Å². The number of phenolic OH excluding ortho intramolecular Hbond substituents is 1. The first-order chi connectivity index (χ1) is 10.1. The molecule has 0 aliphatic carbocycles. The minimum absolute atomic E-state index is 0.121. The topological polar surface area (TPSA) is 44.7 Å². The molecular weight excluding hydrogens is 264 g/mol. The zero-order valence-corrected chi connectivity index (χ0v) is 12.3. The van der Waals surface area contributed by atoms with E-state index < -0.39 is 0 Å². The van der Waals surface area contributed by atoms with Gasteiger partial charge in [-0.3, -0.25) is 0 Å². The molecule has 0 amide bonds. The molecule has 110 valence electrons. The summed E-state index contributed by atoms with van der Waals surface area (Å²) < 4.78 is 5.63.